The lowest BCUT2D eigenvalue weighted by Crippen LogP contribution is -2.41. The fourth-order valence-electron chi connectivity index (χ4n) is 2.73. The van der Waals surface area contributed by atoms with Gasteiger partial charge in [-0.15, -0.1) is 0 Å². The van der Waals surface area contributed by atoms with Gasteiger partial charge in [-0.05, 0) is 31.5 Å². The minimum atomic E-state index is -5.08. The van der Waals surface area contributed by atoms with Crippen molar-refractivity contribution in [3.8, 4) is 0 Å². The van der Waals surface area contributed by atoms with Gasteiger partial charge in [0.2, 0.25) is 11.8 Å². The summed E-state index contributed by atoms with van der Waals surface area (Å²) in [6.45, 7) is 2.68. The number of amides is 2. The summed E-state index contributed by atoms with van der Waals surface area (Å²) in [5.41, 5.74) is 7.26. The van der Waals surface area contributed by atoms with Crippen molar-refractivity contribution in [2.45, 2.75) is 25.6 Å². The van der Waals surface area contributed by atoms with Crippen LogP contribution >= 0.6 is 0 Å². The normalized spacial score (nSPS) is 17.4. The number of hydrogen-bond donors (Lipinski definition) is 4. The molecule has 2 aromatic rings. The van der Waals surface area contributed by atoms with Crippen molar-refractivity contribution in [3.05, 3.63) is 24.4 Å². The molecule has 29 heavy (non-hydrogen) atoms. The number of likely N-dealkylation sites (tertiary alicyclic amines) is 1. The van der Waals surface area contributed by atoms with Gasteiger partial charge >= 0.3 is 12.1 Å². The second kappa shape index (κ2) is 8.90. The highest BCUT2D eigenvalue weighted by Crippen LogP contribution is 2.21. The van der Waals surface area contributed by atoms with Crippen LogP contribution in [0.5, 0.6) is 0 Å². The van der Waals surface area contributed by atoms with Crippen molar-refractivity contribution < 1.29 is 32.7 Å². The van der Waals surface area contributed by atoms with E-state index in [1.807, 2.05) is 18.2 Å². The van der Waals surface area contributed by atoms with Crippen molar-refractivity contribution in [1.82, 2.24) is 15.1 Å². The Kier molecular flexibility index (Phi) is 6.80. The van der Waals surface area contributed by atoms with Gasteiger partial charge in [0.1, 0.15) is 0 Å². The lowest BCUT2D eigenvalue weighted by atomic mass is 10.1. The van der Waals surface area contributed by atoms with Gasteiger partial charge in [-0.1, -0.05) is 0 Å². The minimum Gasteiger partial charge on any atom is -0.475 e. The van der Waals surface area contributed by atoms with Gasteiger partial charge in [-0.2, -0.15) is 18.3 Å². The highest BCUT2D eigenvalue weighted by atomic mass is 19.4. The molecule has 2 heterocycles. The Balaban J connectivity index is 0.000000370. The average Bonchev–Trinajstić information content (AvgIpc) is 3.29. The second-order valence-corrected chi connectivity index (χ2v) is 6.52. The van der Waals surface area contributed by atoms with Crippen molar-refractivity contribution in [2.75, 3.05) is 18.4 Å². The number of H-pyrrole nitrogens is 1. The number of nitrogens with zero attached hydrogens (tertiary/aromatic N) is 2. The van der Waals surface area contributed by atoms with E-state index in [1.54, 1.807) is 18.0 Å². The molecule has 1 aromatic heterocycles. The van der Waals surface area contributed by atoms with Crippen LogP contribution in [0.3, 0.4) is 0 Å². The van der Waals surface area contributed by atoms with Crippen LogP contribution in [-0.2, 0) is 14.4 Å². The van der Waals surface area contributed by atoms with E-state index in [1.165, 1.54) is 0 Å². The van der Waals surface area contributed by atoms with Crippen LogP contribution in [0.25, 0.3) is 10.9 Å². The number of hydrogen-bond acceptors (Lipinski definition) is 5. The highest BCUT2D eigenvalue weighted by molar-refractivity contribution is 5.95. The number of anilines is 1. The maximum absolute atomic E-state index is 12.3. The molecule has 0 spiro atoms. The zero-order valence-corrected chi connectivity index (χ0v) is 15.4. The SMILES string of the molecule is C[C@H](N)C(=O)N1CCC(C(=O)Nc2ccc3[nH]ncc3c2)C1.O=C(O)C(F)(F)F. The van der Waals surface area contributed by atoms with Crippen LogP contribution in [0.1, 0.15) is 13.3 Å². The van der Waals surface area contributed by atoms with Crippen LogP contribution in [0, 0.1) is 5.92 Å². The highest BCUT2D eigenvalue weighted by Gasteiger charge is 2.38. The summed E-state index contributed by atoms with van der Waals surface area (Å²) in [7, 11) is 0. The number of nitrogens with two attached hydrogens (primary N) is 1. The van der Waals surface area contributed by atoms with Crippen molar-refractivity contribution in [2.24, 2.45) is 11.7 Å². The number of carboxylic acid groups (broad SMARTS) is 1. The Morgan fingerprint density at radius 2 is 2.03 bits per heavy atom. The summed E-state index contributed by atoms with van der Waals surface area (Å²) >= 11 is 0. The van der Waals surface area contributed by atoms with E-state index in [0.29, 0.717) is 19.5 Å². The quantitative estimate of drug-likeness (QED) is 0.596. The van der Waals surface area contributed by atoms with Gasteiger partial charge in [0.25, 0.3) is 0 Å². The summed E-state index contributed by atoms with van der Waals surface area (Å²) in [5.74, 6) is -3.12. The van der Waals surface area contributed by atoms with E-state index in [2.05, 4.69) is 15.5 Å². The van der Waals surface area contributed by atoms with Crippen LogP contribution in [-0.4, -0.2) is 63.3 Å². The zero-order chi connectivity index (χ0) is 21.8. The number of carbonyl (C=O) groups is 3. The molecular weight excluding hydrogens is 395 g/mol. The molecule has 1 unspecified atom stereocenters. The van der Waals surface area contributed by atoms with Gasteiger partial charge in [0.15, 0.2) is 0 Å². The first-order valence-electron chi connectivity index (χ1n) is 8.57. The number of rotatable bonds is 3. The minimum absolute atomic E-state index is 0.0668. The molecule has 1 fully saturated rings. The summed E-state index contributed by atoms with van der Waals surface area (Å²) in [6, 6.07) is 5.05. The van der Waals surface area contributed by atoms with Crippen LogP contribution in [0.15, 0.2) is 24.4 Å². The first-order chi connectivity index (χ1) is 13.5. The molecule has 0 radical (unpaired) electrons. The predicted molar refractivity (Wildman–Crippen MR) is 96.8 cm³/mol. The Morgan fingerprint density at radius 1 is 1.38 bits per heavy atom. The molecule has 12 heteroatoms. The molecule has 3 rings (SSSR count). The van der Waals surface area contributed by atoms with Crippen LogP contribution < -0.4 is 11.1 Å². The van der Waals surface area contributed by atoms with E-state index in [0.717, 1.165) is 16.6 Å². The molecule has 1 saturated heterocycles. The standard InChI is InChI=1S/C15H19N5O2.C2HF3O2/c1-9(16)15(22)20-5-4-10(8-20)14(21)18-12-2-3-13-11(6-12)7-17-19-13;3-2(4,5)1(6)7/h2-3,6-7,9-10H,4-5,8,16H2,1H3,(H,17,19)(H,18,21);(H,6,7)/t9-,10?;/m0./s1. The fraction of sp³-hybridized carbons (Fsp3) is 0.412. The number of carboxylic acids is 1. The maximum Gasteiger partial charge on any atom is 0.490 e. The van der Waals surface area contributed by atoms with Crippen molar-refractivity contribution in [1.29, 1.82) is 0 Å². The monoisotopic (exact) mass is 415 g/mol. The Hall–Kier alpha value is -3.15. The second-order valence-electron chi connectivity index (χ2n) is 6.52. The Morgan fingerprint density at radius 3 is 2.62 bits per heavy atom. The molecule has 1 aromatic carbocycles. The zero-order valence-electron chi connectivity index (χ0n) is 15.4. The summed E-state index contributed by atoms with van der Waals surface area (Å²) in [6.07, 6.45) is -2.71. The lowest BCUT2D eigenvalue weighted by Gasteiger charge is -2.18. The molecule has 2 amide bonds. The average molecular weight is 415 g/mol. The van der Waals surface area contributed by atoms with Crippen molar-refractivity contribution in [3.63, 3.8) is 0 Å². The first-order valence-corrected chi connectivity index (χ1v) is 8.57. The molecule has 9 nitrogen and oxygen atoms in total. The third kappa shape index (κ3) is 5.91. The number of benzene rings is 1. The van der Waals surface area contributed by atoms with E-state index >= 15 is 0 Å². The summed E-state index contributed by atoms with van der Waals surface area (Å²) < 4.78 is 31.7. The molecular formula is C17H20F3N5O4. The van der Waals surface area contributed by atoms with Gasteiger partial charge in [0.05, 0.1) is 23.7 Å². The smallest absolute Gasteiger partial charge is 0.475 e. The fourth-order valence-corrected chi connectivity index (χ4v) is 2.73. The number of carbonyl (C=O) groups excluding carboxylic acids is 2. The van der Waals surface area contributed by atoms with Crippen LogP contribution in [0.4, 0.5) is 18.9 Å². The van der Waals surface area contributed by atoms with Gasteiger partial charge in [-0.3, -0.25) is 14.7 Å². The van der Waals surface area contributed by atoms with E-state index < -0.39 is 18.2 Å². The van der Waals surface area contributed by atoms with E-state index in [4.69, 9.17) is 15.6 Å². The molecule has 0 aliphatic carbocycles. The predicted octanol–water partition coefficient (Wildman–Crippen LogP) is 1.33. The van der Waals surface area contributed by atoms with E-state index in [-0.39, 0.29) is 17.7 Å². The number of halogens is 3. The first kappa shape index (κ1) is 22.1. The number of nitrogens with one attached hydrogen (secondary N) is 2. The van der Waals surface area contributed by atoms with E-state index in [9.17, 15) is 22.8 Å². The number of aromatic amines is 1. The number of aliphatic carboxylic acids is 1. The Bertz CT molecular complexity index is 897. The van der Waals surface area contributed by atoms with Crippen LogP contribution in [0.2, 0.25) is 0 Å². The van der Waals surface area contributed by atoms with Crippen molar-refractivity contribution >= 4 is 34.4 Å². The summed E-state index contributed by atoms with van der Waals surface area (Å²) in [5, 5.41) is 17.8. The lowest BCUT2D eigenvalue weighted by molar-refractivity contribution is -0.192. The van der Waals surface area contributed by atoms with Gasteiger partial charge in [-0.25, -0.2) is 4.79 Å². The molecule has 1 aliphatic heterocycles. The number of alkyl halides is 3. The largest absolute Gasteiger partial charge is 0.490 e. The molecule has 0 saturated carbocycles. The molecule has 2 atom stereocenters. The molecule has 5 N–H and O–H groups in total. The summed E-state index contributed by atoms with van der Waals surface area (Å²) in [4.78, 5) is 34.7. The molecule has 0 bridgehead atoms. The number of aromatic nitrogens is 2. The number of fused-ring (bicyclic) bond motifs is 1. The third-order valence-corrected chi connectivity index (χ3v) is 4.21. The Labute approximate surface area is 163 Å². The third-order valence-electron chi connectivity index (χ3n) is 4.21. The maximum atomic E-state index is 12.3. The topological polar surface area (TPSA) is 141 Å². The molecule has 1 aliphatic rings. The molecule has 158 valence electrons. The van der Waals surface area contributed by atoms with Gasteiger partial charge in [0, 0.05) is 24.2 Å². The van der Waals surface area contributed by atoms with Gasteiger partial charge < -0.3 is 21.1 Å².